The van der Waals surface area contributed by atoms with Gasteiger partial charge in [-0.1, -0.05) is 299 Å². The summed E-state index contributed by atoms with van der Waals surface area (Å²) >= 11 is 11.9. The number of aromatic nitrogens is 8. The molecule has 14 aromatic rings. The van der Waals surface area contributed by atoms with Crippen molar-refractivity contribution in [2.75, 3.05) is 0 Å². The molecular formula is C124H152N8O6S6. The van der Waals surface area contributed by atoms with E-state index in [0.717, 1.165) is 115 Å². The molecular weight excluding hydrogens is 1890 g/mol. The van der Waals surface area contributed by atoms with Gasteiger partial charge in [0.25, 0.3) is 0 Å². The SMILES string of the molecule is CC(C)(C)c1cc(CS[C@H]2CCCCCC[C@@H]2SCc2cc(C(C)(C)C)cc(-c3ccccn3)c2O)c(O)c(-c2ccccn2)c1.CC(C)(C)c1cc(CS[C@H]2CCCCCC[C@@H]2SCc2cc(C(C)(C)C)cc(-c3ncccn3)c2O)c(O)c(-c2ncccn2)c1.CC(C)(C)c1cc(CS[C@H]2CCCCCC[C@@H]2SCc2cc(C(C)(C)C)cc(-n3cc4ccccc4c3)c2O)c(O)c(-n2cc3ccccc3c2)c1. The first-order valence-corrected chi connectivity index (χ1v) is 58.4. The lowest BCUT2D eigenvalue weighted by Gasteiger charge is -2.30. The van der Waals surface area contributed by atoms with E-state index in [1.807, 2.05) is 119 Å². The number of rotatable bonds is 24. The van der Waals surface area contributed by atoms with Gasteiger partial charge in [0.15, 0.2) is 11.6 Å². The number of nitrogens with zero attached hydrogens (tertiary/aromatic N) is 8. The van der Waals surface area contributed by atoms with Crippen molar-refractivity contribution in [2.45, 2.75) is 339 Å². The van der Waals surface area contributed by atoms with Crippen molar-refractivity contribution in [2.24, 2.45) is 0 Å². The summed E-state index contributed by atoms with van der Waals surface area (Å²) in [5.41, 5.74) is 19.0. The Labute approximate surface area is 883 Å². The molecule has 144 heavy (non-hydrogen) atoms. The Kier molecular flexibility index (Phi) is 36.1. The third kappa shape index (κ3) is 28.0. The van der Waals surface area contributed by atoms with Crippen molar-refractivity contribution < 1.29 is 30.6 Å². The first-order chi connectivity index (χ1) is 68.7. The van der Waals surface area contributed by atoms with E-state index in [0.29, 0.717) is 77.3 Å². The van der Waals surface area contributed by atoms with Gasteiger partial charge in [0.2, 0.25) is 0 Å². The van der Waals surface area contributed by atoms with Gasteiger partial charge in [-0.15, -0.1) is 0 Å². The zero-order chi connectivity index (χ0) is 102. The van der Waals surface area contributed by atoms with E-state index in [9.17, 15) is 30.6 Å². The standard InChI is InChI=1S/C46H54N2O2S2.C40H50N2O2S2.C38H48N4O2S2/c1-45(2,3)37-21-35(43(49)39(23-37)47-25-31-15-11-12-16-32(31)26-47)29-51-41-19-9-7-8-10-20-42(41)52-30-36-22-38(46(4,5)6)24-40(44(36)50)48-27-33-17-13-14-18-34(33)28-48;1-39(2,3)29-21-27(37(43)31(23-29)33-15-11-13-19-41-33)25-45-35-17-9-7-8-10-18-36(35)46-26-28-22-30(40(4,5)6)24-32(38(28)44)34-16-12-14-20-42-34;1-37(2,3)27-19-25(33(43)29(21-27)35-39-15-11-16-40-35)23-45-31-13-9-7-8-10-14-32(31)46-24-26-20-28(38(4,5)6)22-30(34(26)44)36-41-17-12-18-42-36/h11-18,21-28,41-42,49-50H,7-10,19-20,29-30H2,1-6H3;11-16,19-24,35-36,43-44H,7-10,17-18,25-26H2,1-6H3;11-12,15-22,31-32,43-44H,7-10,13-14,23-24H2,1-6H3/t41-,42-;35-,36-;31-,32-/m000/s1. The van der Waals surface area contributed by atoms with Crippen molar-refractivity contribution in [3.05, 3.63) is 299 Å². The van der Waals surface area contributed by atoms with Crippen LogP contribution >= 0.6 is 70.6 Å². The van der Waals surface area contributed by atoms with Crippen LogP contribution in [0.4, 0.5) is 0 Å². The fourth-order valence-corrected chi connectivity index (χ4v) is 28.7. The molecule has 6 N–H and O–H groups in total. The number of thioether (sulfide) groups is 6. The summed E-state index contributed by atoms with van der Waals surface area (Å²) in [6.07, 6.45) is 41.0. The number of pyridine rings is 2. The molecule has 8 aromatic carbocycles. The van der Waals surface area contributed by atoms with Crippen LogP contribution < -0.4 is 0 Å². The van der Waals surface area contributed by atoms with Crippen molar-refractivity contribution in [3.63, 3.8) is 0 Å². The average Bonchev–Trinajstić information content (AvgIpc) is 1.60. The van der Waals surface area contributed by atoms with Crippen LogP contribution in [-0.4, -0.2) is 101 Å². The fraction of sp³-hybridized carbons (Fsp3) is 0.435. The highest BCUT2D eigenvalue weighted by atomic mass is 32.2. The minimum atomic E-state index is -0.0808. The maximum atomic E-state index is 11.8. The van der Waals surface area contributed by atoms with E-state index < -0.39 is 0 Å². The summed E-state index contributed by atoms with van der Waals surface area (Å²) in [5.74, 6) is 7.59. The van der Waals surface area contributed by atoms with E-state index >= 15 is 0 Å². The fourth-order valence-electron chi connectivity index (χ4n) is 19.5. The maximum absolute atomic E-state index is 11.8. The van der Waals surface area contributed by atoms with Gasteiger partial charge in [0, 0.05) is 172 Å². The van der Waals surface area contributed by atoms with Crippen LogP contribution in [-0.2, 0) is 67.0 Å². The Morgan fingerprint density at radius 3 is 0.674 bits per heavy atom. The van der Waals surface area contributed by atoms with Crippen molar-refractivity contribution in [3.8, 4) is 91.2 Å². The molecule has 6 heterocycles. The Hall–Kier alpha value is -9.80. The molecule has 760 valence electrons. The second-order valence-electron chi connectivity index (χ2n) is 45.9. The van der Waals surface area contributed by atoms with Gasteiger partial charge in [-0.3, -0.25) is 9.97 Å². The summed E-state index contributed by atoms with van der Waals surface area (Å²) in [5, 5.41) is 77.1. The van der Waals surface area contributed by atoms with Crippen LogP contribution in [0.15, 0.2) is 232 Å². The lowest BCUT2D eigenvalue weighted by molar-refractivity contribution is 0.465. The second kappa shape index (κ2) is 48.0. The van der Waals surface area contributed by atoms with Gasteiger partial charge in [0.1, 0.15) is 34.5 Å². The topological polar surface area (TPSA) is 209 Å². The maximum Gasteiger partial charge on any atom is 0.162 e. The molecule has 3 fully saturated rings. The number of hydrogen-bond donors (Lipinski definition) is 6. The predicted octanol–water partition coefficient (Wildman–Crippen LogP) is 33.8. The normalized spacial score (nSPS) is 17.7. The van der Waals surface area contributed by atoms with Crippen molar-refractivity contribution >= 4 is 92.1 Å². The van der Waals surface area contributed by atoms with Gasteiger partial charge in [-0.05, 0) is 199 Å². The molecule has 3 aliphatic carbocycles. The number of aromatic hydroxyl groups is 6. The molecule has 0 saturated heterocycles. The summed E-state index contributed by atoms with van der Waals surface area (Å²) in [6.45, 7) is 40.1. The summed E-state index contributed by atoms with van der Waals surface area (Å²) in [7, 11) is 0. The molecule has 0 spiro atoms. The molecule has 0 amide bonds. The Balaban J connectivity index is 0.000000163. The highest BCUT2D eigenvalue weighted by Crippen LogP contribution is 2.51. The zero-order valence-corrected chi connectivity index (χ0v) is 93.0. The summed E-state index contributed by atoms with van der Waals surface area (Å²) in [6, 6.07) is 57.9. The van der Waals surface area contributed by atoms with Gasteiger partial charge < -0.3 is 39.8 Å². The Bertz CT molecular complexity index is 5920. The van der Waals surface area contributed by atoms with Crippen LogP contribution in [0.2, 0.25) is 0 Å². The number of phenolic OH excluding ortho intramolecular Hbond substituents is 6. The van der Waals surface area contributed by atoms with E-state index in [2.05, 4.69) is 298 Å². The first-order valence-electron chi connectivity index (χ1n) is 52.1. The van der Waals surface area contributed by atoms with E-state index in [1.165, 1.54) is 158 Å². The van der Waals surface area contributed by atoms with E-state index in [4.69, 9.17) is 0 Å². The van der Waals surface area contributed by atoms with E-state index in [1.54, 1.807) is 49.3 Å². The molecule has 6 aromatic heterocycles. The molecule has 3 aliphatic rings. The van der Waals surface area contributed by atoms with Gasteiger partial charge >= 0.3 is 0 Å². The smallest absolute Gasteiger partial charge is 0.162 e. The third-order valence-corrected chi connectivity index (χ3v) is 37.9. The first kappa shape index (κ1) is 108. The highest BCUT2D eigenvalue weighted by molar-refractivity contribution is 8.04. The highest BCUT2D eigenvalue weighted by Gasteiger charge is 2.35. The number of hydrogen-bond acceptors (Lipinski definition) is 18. The van der Waals surface area contributed by atoms with Crippen LogP contribution in [0.3, 0.4) is 0 Å². The Morgan fingerprint density at radius 1 is 0.236 bits per heavy atom. The minimum Gasteiger partial charge on any atom is -0.507 e. The molecule has 6 atom stereocenters. The second-order valence-corrected chi connectivity index (χ2v) is 53.2. The lowest BCUT2D eigenvalue weighted by atomic mass is 9.84. The minimum absolute atomic E-state index is 0.0486. The van der Waals surface area contributed by atoms with Crippen LogP contribution in [0.25, 0.3) is 78.2 Å². The Morgan fingerprint density at radius 2 is 0.444 bits per heavy atom. The quantitative estimate of drug-likeness (QED) is 0.0332. The molecule has 20 heteroatoms. The molecule has 0 bridgehead atoms. The molecule has 0 aliphatic heterocycles. The molecule has 14 nitrogen and oxygen atoms in total. The van der Waals surface area contributed by atoms with Gasteiger partial charge in [0.05, 0.1) is 33.9 Å². The summed E-state index contributed by atoms with van der Waals surface area (Å²) in [4.78, 5) is 27.0. The summed E-state index contributed by atoms with van der Waals surface area (Å²) < 4.78 is 4.20. The van der Waals surface area contributed by atoms with Crippen LogP contribution in [0.1, 0.15) is 307 Å². The number of benzene rings is 8. The molecule has 0 radical (unpaired) electrons. The van der Waals surface area contributed by atoms with Crippen molar-refractivity contribution in [1.82, 2.24) is 39.0 Å². The van der Waals surface area contributed by atoms with Crippen LogP contribution in [0, 0.1) is 0 Å². The third-order valence-electron chi connectivity index (χ3n) is 28.6. The number of phenols is 6. The lowest BCUT2D eigenvalue weighted by Crippen LogP contribution is -2.22. The zero-order valence-electron chi connectivity index (χ0n) is 88.1. The van der Waals surface area contributed by atoms with Gasteiger partial charge in [-0.25, -0.2) is 19.9 Å². The monoisotopic (exact) mass is 2040 g/mol. The molecule has 0 unspecified atom stereocenters. The molecule has 17 rings (SSSR count). The van der Waals surface area contributed by atoms with Crippen LogP contribution in [0.5, 0.6) is 34.5 Å². The van der Waals surface area contributed by atoms with Crippen molar-refractivity contribution in [1.29, 1.82) is 0 Å². The predicted molar refractivity (Wildman–Crippen MR) is 617 cm³/mol. The molecule has 3 saturated carbocycles. The largest absolute Gasteiger partial charge is 0.507 e. The van der Waals surface area contributed by atoms with Gasteiger partial charge in [-0.2, -0.15) is 70.6 Å². The number of fused-ring (bicyclic) bond motifs is 2. The van der Waals surface area contributed by atoms with E-state index in [-0.39, 0.29) is 44.0 Å². The average molecular weight is 2040 g/mol.